The number of thiazole rings is 1. The average Bonchev–Trinajstić information content (AvgIpc) is 2.47. The molecule has 0 aliphatic heterocycles. The van der Waals surface area contributed by atoms with E-state index in [9.17, 15) is 0 Å². The first-order chi connectivity index (χ1) is 6.58. The van der Waals surface area contributed by atoms with Gasteiger partial charge in [0.2, 0.25) is 5.13 Å². The number of nitrogens with zero attached hydrogens (tertiary/aromatic N) is 2. The zero-order chi connectivity index (χ0) is 10.6. The summed E-state index contributed by atoms with van der Waals surface area (Å²) in [6.45, 7) is 0. The van der Waals surface area contributed by atoms with Crippen molar-refractivity contribution >= 4 is 64.2 Å². The number of aromatic nitrogens is 1. The molecule has 0 atom stereocenters. The lowest BCUT2D eigenvalue weighted by atomic mass is 10.6. The molecule has 0 radical (unpaired) electrons. The van der Waals surface area contributed by atoms with Gasteiger partial charge in [0, 0.05) is 16.8 Å². The summed E-state index contributed by atoms with van der Waals surface area (Å²) < 4.78 is 0. The quantitative estimate of drug-likeness (QED) is 0.489. The van der Waals surface area contributed by atoms with Crippen molar-refractivity contribution in [3.63, 3.8) is 0 Å². The number of guanidine groups is 1. The number of rotatable bonds is 3. The largest absolute Gasteiger partial charge is 0.379 e. The first kappa shape index (κ1) is 17.7. The topological polar surface area (TPSA) is 127 Å². The van der Waals surface area contributed by atoms with Gasteiger partial charge < -0.3 is 17.2 Å². The van der Waals surface area contributed by atoms with Crippen LogP contribution in [0.2, 0.25) is 0 Å². The van der Waals surface area contributed by atoms with Gasteiger partial charge in [-0.2, -0.15) is 4.99 Å². The van der Waals surface area contributed by atoms with E-state index in [4.69, 9.17) is 22.6 Å². The highest BCUT2D eigenvalue weighted by Crippen LogP contribution is 2.24. The molecule has 0 bridgehead atoms. The monoisotopic (exact) mass is 302 g/mol. The molecule has 0 amide bonds. The third kappa shape index (κ3) is 6.72. The van der Waals surface area contributed by atoms with E-state index < -0.39 is 0 Å². The number of aliphatic imine (C=N–C) groups is 1. The zero-order valence-corrected chi connectivity index (χ0v) is 11.3. The van der Waals surface area contributed by atoms with Crippen LogP contribution in [0.4, 0.5) is 5.13 Å². The van der Waals surface area contributed by atoms with Crippen molar-refractivity contribution in [2.45, 2.75) is 5.75 Å². The molecule has 0 aromatic carbocycles. The molecule has 0 fully saturated rings. The minimum Gasteiger partial charge on any atom is -0.379 e. The second-order valence-electron chi connectivity index (χ2n) is 2.30. The average molecular weight is 303 g/mol. The van der Waals surface area contributed by atoms with Gasteiger partial charge in [0.1, 0.15) is 0 Å². The van der Waals surface area contributed by atoms with E-state index in [2.05, 4.69) is 9.98 Å². The van der Waals surface area contributed by atoms with Crippen LogP contribution >= 0.6 is 47.9 Å². The van der Waals surface area contributed by atoms with Crippen molar-refractivity contribution in [3.05, 3.63) is 11.1 Å². The molecule has 1 aromatic heterocycles. The standard InChI is InChI=1S/C6H10N6S2.2ClH/c7-4(8)12-6-11-1-3(14-6)2-13-5(9)10;;/h1H,2H2,(H3,9,10)(H4,7,8,11,12);2*1H. The Hall–Kier alpha value is -0.700. The second-order valence-corrected chi connectivity index (χ2v) is 4.41. The van der Waals surface area contributed by atoms with Crippen molar-refractivity contribution in [2.75, 3.05) is 0 Å². The summed E-state index contributed by atoms with van der Waals surface area (Å²) in [7, 11) is 0. The summed E-state index contributed by atoms with van der Waals surface area (Å²) in [5, 5.41) is 7.62. The number of nitrogens with two attached hydrogens (primary N) is 3. The highest BCUT2D eigenvalue weighted by atomic mass is 35.5. The summed E-state index contributed by atoms with van der Waals surface area (Å²) in [4.78, 5) is 8.75. The summed E-state index contributed by atoms with van der Waals surface area (Å²) in [5.74, 6) is 0.609. The normalized spacial score (nSPS) is 8.50. The summed E-state index contributed by atoms with van der Waals surface area (Å²) in [6, 6.07) is 0. The minimum absolute atomic E-state index is 0. The van der Waals surface area contributed by atoms with Gasteiger partial charge in [0.25, 0.3) is 0 Å². The fraction of sp³-hybridized carbons (Fsp3) is 0.167. The van der Waals surface area contributed by atoms with Crippen LogP contribution in [-0.2, 0) is 5.75 Å². The van der Waals surface area contributed by atoms with E-state index in [0.717, 1.165) is 4.88 Å². The summed E-state index contributed by atoms with van der Waals surface area (Å²) >= 11 is 2.61. The number of nitrogens with one attached hydrogen (secondary N) is 1. The molecule has 0 saturated carbocycles. The molecule has 7 N–H and O–H groups in total. The number of hydrogen-bond donors (Lipinski definition) is 4. The molecule has 6 nitrogen and oxygen atoms in total. The van der Waals surface area contributed by atoms with Crippen molar-refractivity contribution in [3.8, 4) is 0 Å². The Morgan fingerprint density at radius 1 is 1.44 bits per heavy atom. The van der Waals surface area contributed by atoms with E-state index in [1.54, 1.807) is 6.20 Å². The third-order valence-electron chi connectivity index (χ3n) is 1.14. The first-order valence-corrected chi connectivity index (χ1v) is 5.39. The number of thioether (sulfide) groups is 1. The maximum absolute atomic E-state index is 7.02. The van der Waals surface area contributed by atoms with Crippen molar-refractivity contribution < 1.29 is 0 Å². The van der Waals surface area contributed by atoms with Crippen LogP contribution in [0.25, 0.3) is 0 Å². The Labute approximate surface area is 113 Å². The highest BCUT2D eigenvalue weighted by Gasteiger charge is 2.01. The van der Waals surface area contributed by atoms with Crippen molar-refractivity contribution in [2.24, 2.45) is 22.2 Å². The van der Waals surface area contributed by atoms with Crippen LogP contribution in [0.1, 0.15) is 4.88 Å². The molecule has 1 rings (SSSR count). The molecule has 1 aromatic rings. The van der Waals surface area contributed by atoms with Crippen LogP contribution in [-0.4, -0.2) is 16.1 Å². The maximum Gasteiger partial charge on any atom is 0.212 e. The fourth-order valence-corrected chi connectivity index (χ4v) is 2.06. The van der Waals surface area contributed by atoms with Gasteiger partial charge >= 0.3 is 0 Å². The van der Waals surface area contributed by atoms with Gasteiger partial charge in [0.05, 0.1) is 0 Å². The summed E-state index contributed by atoms with van der Waals surface area (Å²) in [5.41, 5.74) is 15.6. The van der Waals surface area contributed by atoms with E-state index in [0.29, 0.717) is 10.9 Å². The van der Waals surface area contributed by atoms with Gasteiger partial charge in [-0.3, -0.25) is 5.41 Å². The molecule has 0 unspecified atom stereocenters. The van der Waals surface area contributed by atoms with Crippen molar-refractivity contribution in [1.82, 2.24) is 4.98 Å². The van der Waals surface area contributed by atoms with Crippen LogP contribution in [0.15, 0.2) is 11.2 Å². The maximum atomic E-state index is 7.02. The highest BCUT2D eigenvalue weighted by molar-refractivity contribution is 8.13. The molecule has 0 spiro atoms. The second kappa shape index (κ2) is 8.45. The van der Waals surface area contributed by atoms with Crippen LogP contribution in [0.5, 0.6) is 0 Å². The lowest BCUT2D eigenvalue weighted by Gasteiger charge is -1.92. The van der Waals surface area contributed by atoms with Gasteiger partial charge in [-0.1, -0.05) is 23.1 Å². The number of halogens is 2. The van der Waals surface area contributed by atoms with Crippen LogP contribution in [0, 0.1) is 5.41 Å². The molecular weight excluding hydrogens is 291 g/mol. The first-order valence-electron chi connectivity index (χ1n) is 3.59. The molecule has 16 heavy (non-hydrogen) atoms. The van der Waals surface area contributed by atoms with Crippen LogP contribution < -0.4 is 17.2 Å². The fourth-order valence-electron chi connectivity index (χ4n) is 0.675. The molecule has 0 saturated heterocycles. The van der Waals surface area contributed by atoms with E-state index in [1.165, 1.54) is 23.1 Å². The van der Waals surface area contributed by atoms with Gasteiger partial charge in [0.15, 0.2) is 11.1 Å². The smallest absolute Gasteiger partial charge is 0.212 e. The predicted molar refractivity (Wildman–Crippen MR) is 75.3 cm³/mol. The lowest BCUT2D eigenvalue weighted by Crippen LogP contribution is -2.21. The molecule has 10 heteroatoms. The number of amidine groups is 1. The molecular formula is C6H12Cl2N6S2. The van der Waals surface area contributed by atoms with Gasteiger partial charge in [-0.15, -0.1) is 24.8 Å². The number of hydrogen-bond acceptors (Lipinski definition) is 5. The SMILES string of the molecule is Cl.Cl.N=C(N)SCc1cnc(N=C(N)N)s1. The Bertz CT molecular complexity index is 362. The molecule has 1 heterocycles. The van der Waals surface area contributed by atoms with Crippen molar-refractivity contribution in [1.29, 1.82) is 5.41 Å². The van der Waals surface area contributed by atoms with Gasteiger partial charge in [-0.25, -0.2) is 4.98 Å². The molecule has 0 aliphatic carbocycles. The third-order valence-corrected chi connectivity index (χ3v) is 2.98. The van der Waals surface area contributed by atoms with E-state index >= 15 is 0 Å². The Morgan fingerprint density at radius 3 is 2.56 bits per heavy atom. The lowest BCUT2D eigenvalue weighted by molar-refractivity contribution is 1.31. The predicted octanol–water partition coefficient (Wildman–Crippen LogP) is 1.02. The molecule has 92 valence electrons. The summed E-state index contributed by atoms with van der Waals surface area (Å²) in [6.07, 6.45) is 1.67. The minimum atomic E-state index is -0.00915. The Morgan fingerprint density at radius 2 is 2.06 bits per heavy atom. The molecule has 0 aliphatic rings. The Kier molecular flexibility index (Phi) is 9.34. The van der Waals surface area contributed by atoms with Gasteiger partial charge in [-0.05, 0) is 0 Å². The zero-order valence-electron chi connectivity index (χ0n) is 8.04. The van der Waals surface area contributed by atoms with E-state index in [-0.39, 0.29) is 35.9 Å². The van der Waals surface area contributed by atoms with Crippen LogP contribution in [0.3, 0.4) is 0 Å². The Balaban J connectivity index is 0. The van der Waals surface area contributed by atoms with E-state index in [1.807, 2.05) is 0 Å².